The Balaban J connectivity index is 3.01. The number of carbonyl (C=O) groups is 1. The smallest absolute Gasteiger partial charge is 0.257 e. The van der Waals surface area contributed by atoms with Gasteiger partial charge in [-0.2, -0.15) is 0 Å². The van der Waals surface area contributed by atoms with Crippen molar-refractivity contribution < 1.29 is 14.3 Å². The molecule has 0 aromatic heterocycles. The van der Waals surface area contributed by atoms with E-state index in [1.165, 1.54) is 17.0 Å². The first-order valence-electron chi connectivity index (χ1n) is 5.32. The van der Waals surface area contributed by atoms with Crippen LogP contribution in [0.3, 0.4) is 0 Å². The van der Waals surface area contributed by atoms with Gasteiger partial charge in [0.1, 0.15) is 11.6 Å². The van der Waals surface area contributed by atoms with Gasteiger partial charge in [0.15, 0.2) is 0 Å². The lowest BCUT2D eigenvalue weighted by atomic mass is 10.1. The van der Waals surface area contributed by atoms with Crippen LogP contribution in [0.5, 0.6) is 5.75 Å². The maximum Gasteiger partial charge on any atom is 0.257 e. The Morgan fingerprint density at radius 2 is 2.18 bits per heavy atom. The van der Waals surface area contributed by atoms with E-state index in [1.54, 1.807) is 0 Å². The van der Waals surface area contributed by atoms with Crippen molar-refractivity contribution in [2.75, 3.05) is 12.4 Å². The molecule has 5 heteroatoms. The van der Waals surface area contributed by atoms with Crippen molar-refractivity contribution in [1.29, 1.82) is 0 Å². The Morgan fingerprint density at radius 3 is 2.65 bits per heavy atom. The molecule has 0 saturated heterocycles. The maximum atomic E-state index is 13.5. The second-order valence-corrected chi connectivity index (χ2v) is 4.32. The molecular formula is C12H15ClFNO2. The van der Waals surface area contributed by atoms with E-state index in [2.05, 4.69) is 0 Å². The predicted molar refractivity (Wildman–Crippen MR) is 65.0 cm³/mol. The second-order valence-electron chi connectivity index (χ2n) is 3.95. The molecule has 0 unspecified atom stereocenters. The first-order valence-corrected chi connectivity index (χ1v) is 5.86. The molecule has 17 heavy (non-hydrogen) atoms. The van der Waals surface area contributed by atoms with Gasteiger partial charge < -0.3 is 10.0 Å². The normalized spacial score (nSPS) is 10.6. The molecule has 0 fully saturated rings. The fourth-order valence-corrected chi connectivity index (χ4v) is 1.70. The number of alkyl halides is 1. The van der Waals surface area contributed by atoms with Crippen molar-refractivity contribution in [3.63, 3.8) is 0 Å². The summed E-state index contributed by atoms with van der Waals surface area (Å²) in [4.78, 5) is 13.5. The van der Waals surface area contributed by atoms with E-state index in [0.717, 1.165) is 6.07 Å². The number of benzene rings is 1. The first-order chi connectivity index (χ1) is 7.97. The molecule has 1 amide bonds. The Hall–Kier alpha value is -1.29. The van der Waals surface area contributed by atoms with Gasteiger partial charge in [0.2, 0.25) is 0 Å². The van der Waals surface area contributed by atoms with E-state index in [9.17, 15) is 9.18 Å². The van der Waals surface area contributed by atoms with Gasteiger partial charge in [0.25, 0.3) is 5.91 Å². The van der Waals surface area contributed by atoms with Crippen LogP contribution in [0.15, 0.2) is 18.2 Å². The highest BCUT2D eigenvalue weighted by molar-refractivity contribution is 6.18. The summed E-state index contributed by atoms with van der Waals surface area (Å²) in [6.45, 7) is 4.03. The lowest BCUT2D eigenvalue weighted by Gasteiger charge is -2.26. The molecule has 0 aliphatic carbocycles. The van der Waals surface area contributed by atoms with Crippen molar-refractivity contribution in [2.24, 2.45) is 0 Å². The Morgan fingerprint density at radius 1 is 1.53 bits per heavy atom. The van der Waals surface area contributed by atoms with Gasteiger partial charge in [-0.15, -0.1) is 11.6 Å². The molecule has 0 spiro atoms. The molecule has 1 N–H and O–H groups in total. The summed E-state index contributed by atoms with van der Waals surface area (Å²) in [5.41, 5.74) is -0.0541. The number of phenolic OH excluding ortho intramolecular Hbond substituents is 1. The summed E-state index contributed by atoms with van der Waals surface area (Å²) in [6, 6.07) is 3.42. The van der Waals surface area contributed by atoms with Crippen LogP contribution in [0, 0.1) is 5.82 Å². The first kappa shape index (κ1) is 13.8. The van der Waals surface area contributed by atoms with E-state index in [1.807, 2.05) is 13.8 Å². The Kier molecular flexibility index (Phi) is 4.75. The molecule has 3 nitrogen and oxygen atoms in total. The van der Waals surface area contributed by atoms with Crippen molar-refractivity contribution in [1.82, 2.24) is 4.90 Å². The zero-order valence-electron chi connectivity index (χ0n) is 9.78. The fraction of sp³-hybridized carbons (Fsp3) is 0.417. The number of amides is 1. The van der Waals surface area contributed by atoms with Crippen LogP contribution in [0.1, 0.15) is 24.2 Å². The largest absolute Gasteiger partial charge is 0.508 e. The van der Waals surface area contributed by atoms with Crippen molar-refractivity contribution in [2.45, 2.75) is 19.9 Å². The van der Waals surface area contributed by atoms with E-state index >= 15 is 0 Å². The Bertz CT molecular complexity index is 409. The molecule has 1 aromatic rings. The summed E-state index contributed by atoms with van der Waals surface area (Å²) in [6.07, 6.45) is 0. The number of nitrogens with zero attached hydrogens (tertiary/aromatic N) is 1. The summed E-state index contributed by atoms with van der Waals surface area (Å²) in [7, 11) is 0. The molecule has 0 aliphatic rings. The molecule has 1 aromatic carbocycles. The minimum absolute atomic E-state index is 0.0541. The highest BCUT2D eigenvalue weighted by Crippen LogP contribution is 2.17. The van der Waals surface area contributed by atoms with Crippen LogP contribution in [0.4, 0.5) is 4.39 Å². The zero-order valence-corrected chi connectivity index (χ0v) is 10.5. The van der Waals surface area contributed by atoms with Crippen LogP contribution in [0.25, 0.3) is 0 Å². The van der Waals surface area contributed by atoms with Gasteiger partial charge >= 0.3 is 0 Å². The minimum atomic E-state index is -0.727. The molecule has 0 bridgehead atoms. The molecule has 1 rings (SSSR count). The SMILES string of the molecule is CC(C)N(CCCl)C(=O)c1ccc(O)cc1F. The van der Waals surface area contributed by atoms with Crippen LogP contribution in [0.2, 0.25) is 0 Å². The standard InChI is InChI=1S/C12H15ClFNO2/c1-8(2)15(6-5-13)12(17)10-4-3-9(16)7-11(10)14/h3-4,7-8,16H,5-6H2,1-2H3. The van der Waals surface area contributed by atoms with E-state index in [4.69, 9.17) is 16.7 Å². The van der Waals surface area contributed by atoms with Gasteiger partial charge in [-0.25, -0.2) is 4.39 Å². The number of hydrogen-bond acceptors (Lipinski definition) is 2. The second kappa shape index (κ2) is 5.87. The zero-order chi connectivity index (χ0) is 13.0. The molecule has 0 radical (unpaired) electrons. The highest BCUT2D eigenvalue weighted by Gasteiger charge is 2.21. The van der Waals surface area contributed by atoms with E-state index in [0.29, 0.717) is 12.4 Å². The average molecular weight is 260 g/mol. The third-order valence-electron chi connectivity index (χ3n) is 2.39. The molecule has 0 atom stereocenters. The Labute approximate surface area is 105 Å². The third-order valence-corrected chi connectivity index (χ3v) is 2.56. The van der Waals surface area contributed by atoms with Gasteiger partial charge in [-0.1, -0.05) is 0 Å². The van der Waals surface area contributed by atoms with Gasteiger partial charge in [-0.3, -0.25) is 4.79 Å². The lowest BCUT2D eigenvalue weighted by molar-refractivity contribution is 0.0713. The van der Waals surface area contributed by atoms with Gasteiger partial charge in [-0.05, 0) is 26.0 Å². The average Bonchev–Trinajstić information content (AvgIpc) is 2.24. The third kappa shape index (κ3) is 3.33. The predicted octanol–water partition coefficient (Wildman–Crippen LogP) is 2.62. The van der Waals surface area contributed by atoms with E-state index in [-0.39, 0.29) is 17.4 Å². The van der Waals surface area contributed by atoms with Crippen molar-refractivity contribution in [3.05, 3.63) is 29.6 Å². The number of carbonyl (C=O) groups excluding carboxylic acids is 1. The summed E-state index contributed by atoms with van der Waals surface area (Å²) in [5, 5.41) is 9.08. The van der Waals surface area contributed by atoms with Gasteiger partial charge in [0, 0.05) is 24.5 Å². The summed E-state index contributed by atoms with van der Waals surface area (Å²) in [5.74, 6) is -1.05. The number of aromatic hydroxyl groups is 1. The quantitative estimate of drug-likeness (QED) is 0.845. The highest BCUT2D eigenvalue weighted by atomic mass is 35.5. The van der Waals surface area contributed by atoms with Crippen molar-refractivity contribution >= 4 is 17.5 Å². The fourth-order valence-electron chi connectivity index (χ4n) is 1.52. The molecule has 0 saturated carbocycles. The number of hydrogen-bond donors (Lipinski definition) is 1. The maximum absolute atomic E-state index is 13.5. The van der Waals surface area contributed by atoms with E-state index < -0.39 is 11.7 Å². The topological polar surface area (TPSA) is 40.5 Å². The number of halogens is 2. The number of rotatable bonds is 4. The molecule has 0 heterocycles. The molecule has 94 valence electrons. The lowest BCUT2D eigenvalue weighted by Crippen LogP contribution is -2.38. The summed E-state index contributed by atoms with van der Waals surface area (Å²) < 4.78 is 13.5. The molecular weight excluding hydrogens is 245 g/mol. The number of phenols is 1. The van der Waals surface area contributed by atoms with Crippen LogP contribution >= 0.6 is 11.6 Å². The monoisotopic (exact) mass is 259 g/mol. The van der Waals surface area contributed by atoms with Crippen LogP contribution in [-0.4, -0.2) is 34.4 Å². The van der Waals surface area contributed by atoms with Gasteiger partial charge in [0.05, 0.1) is 5.56 Å². The summed E-state index contributed by atoms with van der Waals surface area (Å²) >= 11 is 5.61. The molecule has 0 aliphatic heterocycles. The van der Waals surface area contributed by atoms with Crippen molar-refractivity contribution in [3.8, 4) is 5.75 Å². The van der Waals surface area contributed by atoms with Crippen LogP contribution in [-0.2, 0) is 0 Å². The minimum Gasteiger partial charge on any atom is -0.508 e. The van der Waals surface area contributed by atoms with Crippen LogP contribution < -0.4 is 0 Å².